The van der Waals surface area contributed by atoms with Crippen LogP contribution in [0.4, 0.5) is 21.9 Å². The monoisotopic (exact) mass is 336 g/mol. The van der Waals surface area contributed by atoms with E-state index in [1.807, 2.05) is 61.5 Å². The molecular formula is C19H20N4O2. The number of rotatable bonds is 4. The fourth-order valence-corrected chi connectivity index (χ4v) is 2.55. The van der Waals surface area contributed by atoms with Crippen LogP contribution in [-0.2, 0) is 0 Å². The van der Waals surface area contributed by atoms with Gasteiger partial charge in [-0.05, 0) is 36.4 Å². The predicted octanol–water partition coefficient (Wildman–Crippen LogP) is 3.95. The molecule has 1 heterocycles. The van der Waals surface area contributed by atoms with Crippen molar-refractivity contribution in [2.75, 3.05) is 36.7 Å². The SMILES string of the molecule is COc1cccc2c(NC(=O)Nc3ccc(N(C)C)cc3)ccnc12. The summed E-state index contributed by atoms with van der Waals surface area (Å²) in [6, 6.07) is 14.7. The smallest absolute Gasteiger partial charge is 0.323 e. The molecule has 0 bridgehead atoms. The molecule has 2 amide bonds. The summed E-state index contributed by atoms with van der Waals surface area (Å²) in [7, 11) is 5.54. The number of urea groups is 1. The van der Waals surface area contributed by atoms with Gasteiger partial charge in [-0.1, -0.05) is 12.1 Å². The summed E-state index contributed by atoms with van der Waals surface area (Å²) in [4.78, 5) is 18.6. The zero-order chi connectivity index (χ0) is 17.8. The molecule has 2 aromatic carbocycles. The van der Waals surface area contributed by atoms with E-state index in [4.69, 9.17) is 4.74 Å². The maximum Gasteiger partial charge on any atom is 0.323 e. The molecule has 0 saturated heterocycles. The number of carbonyl (C=O) groups excluding carboxylic acids is 1. The highest BCUT2D eigenvalue weighted by Crippen LogP contribution is 2.28. The second-order valence-corrected chi connectivity index (χ2v) is 5.74. The van der Waals surface area contributed by atoms with Crippen LogP contribution in [0.2, 0.25) is 0 Å². The van der Waals surface area contributed by atoms with Crippen molar-refractivity contribution in [2.45, 2.75) is 0 Å². The Balaban J connectivity index is 1.78. The number of nitrogens with one attached hydrogen (secondary N) is 2. The molecule has 0 unspecified atom stereocenters. The molecule has 0 aliphatic heterocycles. The van der Waals surface area contributed by atoms with E-state index in [9.17, 15) is 4.79 Å². The summed E-state index contributed by atoms with van der Waals surface area (Å²) < 4.78 is 5.32. The molecule has 25 heavy (non-hydrogen) atoms. The highest BCUT2D eigenvalue weighted by atomic mass is 16.5. The van der Waals surface area contributed by atoms with Crippen LogP contribution < -0.4 is 20.3 Å². The first-order chi connectivity index (χ1) is 12.1. The number of pyridine rings is 1. The number of aromatic nitrogens is 1. The minimum absolute atomic E-state index is 0.312. The number of hydrogen-bond acceptors (Lipinski definition) is 4. The lowest BCUT2D eigenvalue weighted by molar-refractivity contribution is 0.262. The van der Waals surface area contributed by atoms with Crippen LogP contribution in [-0.4, -0.2) is 32.2 Å². The first-order valence-corrected chi connectivity index (χ1v) is 7.85. The molecule has 0 atom stereocenters. The lowest BCUT2D eigenvalue weighted by Gasteiger charge is -2.14. The van der Waals surface area contributed by atoms with Gasteiger partial charge < -0.3 is 20.3 Å². The third kappa shape index (κ3) is 3.63. The third-order valence-electron chi connectivity index (χ3n) is 3.84. The average Bonchev–Trinajstić information content (AvgIpc) is 2.62. The minimum Gasteiger partial charge on any atom is -0.494 e. The number of hydrogen-bond donors (Lipinski definition) is 2. The van der Waals surface area contributed by atoms with Crippen LogP contribution in [0.5, 0.6) is 5.75 Å². The second kappa shape index (κ2) is 7.09. The Labute approximate surface area is 146 Å². The van der Waals surface area contributed by atoms with Crippen molar-refractivity contribution in [3.8, 4) is 5.75 Å². The Morgan fingerprint density at radius 3 is 2.48 bits per heavy atom. The van der Waals surface area contributed by atoms with Gasteiger partial charge in [-0.3, -0.25) is 4.98 Å². The van der Waals surface area contributed by atoms with Gasteiger partial charge in [0.05, 0.1) is 12.8 Å². The Kier molecular flexibility index (Phi) is 4.70. The fourth-order valence-electron chi connectivity index (χ4n) is 2.55. The van der Waals surface area contributed by atoms with Crippen molar-refractivity contribution in [1.82, 2.24) is 4.98 Å². The summed E-state index contributed by atoms with van der Waals surface area (Å²) >= 11 is 0. The molecule has 1 aromatic heterocycles. The van der Waals surface area contributed by atoms with E-state index in [-0.39, 0.29) is 6.03 Å². The summed E-state index contributed by atoms with van der Waals surface area (Å²) in [6.07, 6.45) is 1.65. The van der Waals surface area contributed by atoms with Crippen molar-refractivity contribution in [3.05, 3.63) is 54.7 Å². The number of amides is 2. The van der Waals surface area contributed by atoms with Crippen molar-refractivity contribution in [2.24, 2.45) is 0 Å². The normalized spacial score (nSPS) is 10.4. The van der Waals surface area contributed by atoms with Crippen LogP contribution in [0.25, 0.3) is 10.9 Å². The number of nitrogens with zero attached hydrogens (tertiary/aromatic N) is 2. The number of carbonyl (C=O) groups is 1. The molecule has 3 rings (SSSR count). The lowest BCUT2D eigenvalue weighted by atomic mass is 10.1. The quantitative estimate of drug-likeness (QED) is 0.757. The van der Waals surface area contributed by atoms with Gasteiger partial charge in [0.25, 0.3) is 0 Å². The van der Waals surface area contributed by atoms with Gasteiger partial charge in [0.15, 0.2) is 0 Å². The maximum atomic E-state index is 12.3. The minimum atomic E-state index is -0.312. The van der Waals surface area contributed by atoms with Crippen molar-refractivity contribution < 1.29 is 9.53 Å². The molecule has 128 valence electrons. The number of methoxy groups -OCH3 is 1. The van der Waals surface area contributed by atoms with E-state index in [1.165, 1.54) is 0 Å². The molecule has 0 saturated carbocycles. The van der Waals surface area contributed by atoms with Crippen LogP contribution in [0, 0.1) is 0 Å². The van der Waals surface area contributed by atoms with Gasteiger partial charge in [0.2, 0.25) is 0 Å². The largest absolute Gasteiger partial charge is 0.494 e. The first-order valence-electron chi connectivity index (χ1n) is 7.85. The molecule has 0 aliphatic carbocycles. The Bertz CT molecular complexity index is 892. The summed E-state index contributed by atoms with van der Waals surface area (Å²) in [5.41, 5.74) is 3.17. The standard InChI is InChI=1S/C19H20N4O2/c1-23(2)14-9-7-13(8-10-14)21-19(24)22-16-11-12-20-18-15(16)5-4-6-17(18)25-3/h4-12H,1-3H3,(H2,20,21,22,24). The lowest BCUT2D eigenvalue weighted by Crippen LogP contribution is -2.19. The van der Waals surface area contributed by atoms with E-state index in [0.717, 1.165) is 16.8 Å². The van der Waals surface area contributed by atoms with Crippen molar-refractivity contribution in [3.63, 3.8) is 0 Å². The Morgan fingerprint density at radius 2 is 1.80 bits per heavy atom. The number of anilines is 3. The van der Waals surface area contributed by atoms with Crippen LogP contribution in [0.15, 0.2) is 54.7 Å². The van der Waals surface area contributed by atoms with E-state index >= 15 is 0 Å². The van der Waals surface area contributed by atoms with Gasteiger partial charge >= 0.3 is 6.03 Å². The highest BCUT2D eigenvalue weighted by Gasteiger charge is 2.09. The summed E-state index contributed by atoms with van der Waals surface area (Å²) in [6.45, 7) is 0. The van der Waals surface area contributed by atoms with E-state index in [0.29, 0.717) is 17.0 Å². The highest BCUT2D eigenvalue weighted by molar-refractivity contribution is 6.06. The maximum absolute atomic E-state index is 12.3. The Morgan fingerprint density at radius 1 is 1.04 bits per heavy atom. The molecule has 3 aromatic rings. The van der Waals surface area contributed by atoms with Crippen LogP contribution in [0.3, 0.4) is 0 Å². The first kappa shape index (κ1) is 16.6. The number of ether oxygens (including phenoxy) is 1. The van der Waals surface area contributed by atoms with Gasteiger partial charge in [-0.2, -0.15) is 0 Å². The molecule has 6 heteroatoms. The van der Waals surface area contributed by atoms with E-state index in [1.54, 1.807) is 19.4 Å². The zero-order valence-corrected chi connectivity index (χ0v) is 14.4. The van der Waals surface area contributed by atoms with Gasteiger partial charge in [0.1, 0.15) is 11.3 Å². The molecule has 6 nitrogen and oxygen atoms in total. The number of fused-ring (bicyclic) bond motifs is 1. The predicted molar refractivity (Wildman–Crippen MR) is 102 cm³/mol. The Hall–Kier alpha value is -3.28. The molecular weight excluding hydrogens is 316 g/mol. The topological polar surface area (TPSA) is 66.5 Å². The van der Waals surface area contributed by atoms with Crippen LogP contribution in [0.1, 0.15) is 0 Å². The van der Waals surface area contributed by atoms with E-state index in [2.05, 4.69) is 15.6 Å². The third-order valence-corrected chi connectivity index (χ3v) is 3.84. The van der Waals surface area contributed by atoms with Gasteiger partial charge in [-0.15, -0.1) is 0 Å². The second-order valence-electron chi connectivity index (χ2n) is 5.74. The molecule has 0 radical (unpaired) electrons. The zero-order valence-electron chi connectivity index (χ0n) is 14.4. The summed E-state index contributed by atoms with van der Waals surface area (Å²) in [5.74, 6) is 0.667. The molecule has 2 N–H and O–H groups in total. The molecule has 0 fully saturated rings. The fraction of sp³-hybridized carbons (Fsp3) is 0.158. The van der Waals surface area contributed by atoms with Gasteiger partial charge in [-0.25, -0.2) is 4.79 Å². The van der Waals surface area contributed by atoms with Crippen molar-refractivity contribution >= 4 is 34.0 Å². The molecule has 0 aliphatic rings. The van der Waals surface area contributed by atoms with Crippen molar-refractivity contribution in [1.29, 1.82) is 0 Å². The van der Waals surface area contributed by atoms with Crippen LogP contribution >= 0.6 is 0 Å². The van der Waals surface area contributed by atoms with E-state index < -0.39 is 0 Å². The van der Waals surface area contributed by atoms with Gasteiger partial charge in [0, 0.05) is 37.1 Å². The summed E-state index contributed by atoms with van der Waals surface area (Å²) in [5, 5.41) is 6.52. The average molecular weight is 336 g/mol. The number of benzene rings is 2. The molecule has 0 spiro atoms. The number of para-hydroxylation sites is 1.